The van der Waals surface area contributed by atoms with E-state index >= 15 is 0 Å². The molecule has 0 saturated heterocycles. The van der Waals surface area contributed by atoms with Crippen molar-refractivity contribution in [1.82, 2.24) is 4.98 Å². The minimum atomic E-state index is -4.80. The number of ether oxygens (including phenoxy) is 2. The molecule has 3 N–H and O–H groups in total. The summed E-state index contributed by atoms with van der Waals surface area (Å²) < 4.78 is 46.3. The molecule has 0 atom stereocenters. The topological polar surface area (TPSA) is 95.7 Å². The molecule has 200 valence electrons. The first kappa shape index (κ1) is 27.7. The van der Waals surface area contributed by atoms with Crippen LogP contribution in [0.3, 0.4) is 0 Å². The molecule has 2 aromatic carbocycles. The Bertz CT molecular complexity index is 1230. The monoisotopic (exact) mass is 520 g/mol. The highest BCUT2D eigenvalue weighted by atomic mass is 19.4. The van der Waals surface area contributed by atoms with Crippen molar-refractivity contribution in [3.8, 4) is 5.75 Å². The summed E-state index contributed by atoms with van der Waals surface area (Å²) in [6, 6.07) is 7.91. The van der Waals surface area contributed by atoms with Crippen LogP contribution in [0.1, 0.15) is 49.7 Å². The zero-order valence-electron chi connectivity index (χ0n) is 21.2. The quantitative estimate of drug-likeness (QED) is 0.255. The smallest absolute Gasteiger partial charge is 0.462 e. The van der Waals surface area contributed by atoms with Crippen molar-refractivity contribution < 1.29 is 32.2 Å². The van der Waals surface area contributed by atoms with Gasteiger partial charge in [-0.2, -0.15) is 0 Å². The van der Waals surface area contributed by atoms with Gasteiger partial charge < -0.3 is 30.0 Å². The predicted octanol–water partition coefficient (Wildman–Crippen LogP) is 6.82. The van der Waals surface area contributed by atoms with E-state index in [0.717, 1.165) is 43.8 Å². The summed E-state index contributed by atoms with van der Waals surface area (Å²) >= 11 is 0. The Hall–Kier alpha value is -3.89. The van der Waals surface area contributed by atoms with Gasteiger partial charge in [-0.25, -0.2) is 9.59 Å². The molecule has 0 fully saturated rings. The Morgan fingerprint density at radius 1 is 1.00 bits per heavy atom. The molecule has 0 saturated carbocycles. The summed E-state index contributed by atoms with van der Waals surface area (Å²) in [4.78, 5) is 30.8. The third kappa shape index (κ3) is 7.08. The van der Waals surface area contributed by atoms with Crippen molar-refractivity contribution in [1.29, 1.82) is 0 Å². The average molecular weight is 521 g/mol. The van der Waals surface area contributed by atoms with Crippen molar-refractivity contribution in [2.75, 3.05) is 35.2 Å². The highest BCUT2D eigenvalue weighted by Crippen LogP contribution is 2.35. The molecule has 37 heavy (non-hydrogen) atoms. The molecule has 8 nitrogen and oxygen atoms in total. The van der Waals surface area contributed by atoms with Gasteiger partial charge in [0.05, 0.1) is 23.5 Å². The van der Waals surface area contributed by atoms with Gasteiger partial charge in [0.15, 0.2) is 0 Å². The van der Waals surface area contributed by atoms with E-state index in [1.165, 1.54) is 12.1 Å². The number of aromatic amines is 1. The van der Waals surface area contributed by atoms with Gasteiger partial charge in [0.1, 0.15) is 5.75 Å². The van der Waals surface area contributed by atoms with E-state index in [1.54, 1.807) is 19.9 Å². The van der Waals surface area contributed by atoms with Gasteiger partial charge in [0.2, 0.25) is 0 Å². The highest BCUT2D eigenvalue weighted by molar-refractivity contribution is 6.10. The number of urea groups is 1. The van der Waals surface area contributed by atoms with Crippen LogP contribution in [-0.2, 0) is 4.74 Å². The molecule has 2 amide bonds. The van der Waals surface area contributed by atoms with E-state index in [1.807, 2.05) is 6.07 Å². The van der Waals surface area contributed by atoms with Crippen LogP contribution >= 0.6 is 0 Å². The maximum Gasteiger partial charge on any atom is 0.573 e. The van der Waals surface area contributed by atoms with Crippen molar-refractivity contribution >= 4 is 40.0 Å². The molecular weight excluding hydrogens is 489 g/mol. The molecule has 3 aromatic rings. The number of esters is 1. The standard InChI is InChI=1S/C26H31F3N4O4/c1-5-12-33(13-6-2)22-14-19-20(30-16(4)23(19)24(34)36-7-3)15-21(22)32-25(35)31-17-8-10-18(11-9-17)37-26(27,28)29/h8-11,14-15,30H,5-7,12-13H2,1-4H3,(H2,31,32,35). The summed E-state index contributed by atoms with van der Waals surface area (Å²) in [6.45, 7) is 9.35. The highest BCUT2D eigenvalue weighted by Gasteiger charge is 2.31. The molecular formula is C26H31F3N4O4. The van der Waals surface area contributed by atoms with E-state index < -0.39 is 18.4 Å². The predicted molar refractivity (Wildman–Crippen MR) is 138 cm³/mol. The number of aromatic nitrogens is 1. The Balaban J connectivity index is 1.94. The number of aryl methyl sites for hydroxylation is 1. The maximum atomic E-state index is 12.9. The lowest BCUT2D eigenvalue weighted by Crippen LogP contribution is -2.27. The minimum absolute atomic E-state index is 0.249. The number of nitrogens with zero attached hydrogens (tertiary/aromatic N) is 1. The molecule has 1 aromatic heterocycles. The van der Waals surface area contributed by atoms with Gasteiger partial charge in [0, 0.05) is 35.4 Å². The second-order valence-corrected chi connectivity index (χ2v) is 8.40. The van der Waals surface area contributed by atoms with E-state index in [-0.39, 0.29) is 18.0 Å². The fourth-order valence-electron chi connectivity index (χ4n) is 4.11. The molecule has 0 unspecified atom stereocenters. The number of anilines is 3. The summed E-state index contributed by atoms with van der Waals surface area (Å²) in [6.07, 6.45) is -3.06. The lowest BCUT2D eigenvalue weighted by Gasteiger charge is -2.27. The molecule has 0 aliphatic carbocycles. The summed E-state index contributed by atoms with van der Waals surface area (Å²) in [5.41, 5.74) is 3.29. The molecule has 0 aliphatic rings. The second kappa shape index (κ2) is 11.9. The number of benzene rings is 2. The first-order valence-corrected chi connectivity index (χ1v) is 12.1. The second-order valence-electron chi connectivity index (χ2n) is 8.40. The summed E-state index contributed by atoms with van der Waals surface area (Å²) in [5, 5.41) is 6.16. The molecule has 0 radical (unpaired) electrons. The van der Waals surface area contributed by atoms with Crippen LogP contribution in [0.15, 0.2) is 36.4 Å². The number of hydrogen-bond donors (Lipinski definition) is 3. The van der Waals surface area contributed by atoms with Gasteiger partial charge in [-0.15, -0.1) is 13.2 Å². The van der Waals surface area contributed by atoms with Crippen LogP contribution in [0.25, 0.3) is 10.9 Å². The normalized spacial score (nSPS) is 11.3. The number of fused-ring (bicyclic) bond motifs is 1. The van der Waals surface area contributed by atoms with Gasteiger partial charge in [-0.3, -0.25) is 0 Å². The lowest BCUT2D eigenvalue weighted by atomic mass is 10.1. The summed E-state index contributed by atoms with van der Waals surface area (Å²) in [7, 11) is 0. The van der Waals surface area contributed by atoms with Crippen LogP contribution in [0.2, 0.25) is 0 Å². The number of H-pyrrole nitrogens is 1. The number of nitrogens with one attached hydrogen (secondary N) is 3. The van der Waals surface area contributed by atoms with Crippen LogP contribution < -0.4 is 20.3 Å². The fraction of sp³-hybridized carbons (Fsp3) is 0.385. The average Bonchev–Trinajstić information content (AvgIpc) is 3.13. The third-order valence-corrected chi connectivity index (χ3v) is 5.50. The lowest BCUT2D eigenvalue weighted by molar-refractivity contribution is -0.274. The van der Waals surface area contributed by atoms with Crippen LogP contribution in [0, 0.1) is 6.92 Å². The third-order valence-electron chi connectivity index (χ3n) is 5.50. The first-order valence-electron chi connectivity index (χ1n) is 12.1. The van der Waals surface area contributed by atoms with E-state index in [0.29, 0.717) is 27.8 Å². The maximum absolute atomic E-state index is 12.9. The Labute approximate surface area is 213 Å². The van der Waals surface area contributed by atoms with Gasteiger partial charge >= 0.3 is 18.4 Å². The van der Waals surface area contributed by atoms with Gasteiger partial charge in [-0.05, 0) is 63.1 Å². The zero-order valence-corrected chi connectivity index (χ0v) is 21.2. The molecule has 1 heterocycles. The molecule has 0 spiro atoms. The minimum Gasteiger partial charge on any atom is -0.462 e. The van der Waals surface area contributed by atoms with Crippen molar-refractivity contribution in [2.45, 2.75) is 46.9 Å². The number of carbonyl (C=O) groups excluding carboxylic acids is 2. The van der Waals surface area contributed by atoms with Gasteiger partial charge in [0.25, 0.3) is 0 Å². The first-order chi connectivity index (χ1) is 17.6. The number of amides is 2. The summed E-state index contributed by atoms with van der Waals surface area (Å²) in [5.74, 6) is -0.813. The van der Waals surface area contributed by atoms with Crippen molar-refractivity contribution in [2.24, 2.45) is 0 Å². The largest absolute Gasteiger partial charge is 0.573 e. The van der Waals surface area contributed by atoms with Crippen molar-refractivity contribution in [3.05, 3.63) is 47.7 Å². The molecule has 0 aliphatic heterocycles. The molecule has 3 rings (SSSR count). The van der Waals surface area contributed by atoms with E-state index in [9.17, 15) is 22.8 Å². The number of carbonyl (C=O) groups is 2. The van der Waals surface area contributed by atoms with Crippen LogP contribution in [0.5, 0.6) is 5.75 Å². The van der Waals surface area contributed by atoms with E-state index in [2.05, 4.69) is 39.1 Å². The SMILES string of the molecule is CCCN(CCC)c1cc2c(C(=O)OCC)c(C)[nH]c2cc1NC(=O)Nc1ccc(OC(F)(F)F)cc1. The van der Waals surface area contributed by atoms with E-state index in [4.69, 9.17) is 4.74 Å². The zero-order chi connectivity index (χ0) is 27.2. The number of hydrogen-bond acceptors (Lipinski definition) is 5. The molecule has 0 bridgehead atoms. The van der Waals surface area contributed by atoms with Crippen LogP contribution in [-0.4, -0.2) is 43.0 Å². The Kier molecular flexibility index (Phi) is 8.90. The van der Waals surface area contributed by atoms with Crippen molar-refractivity contribution in [3.63, 3.8) is 0 Å². The fourth-order valence-corrected chi connectivity index (χ4v) is 4.11. The number of rotatable bonds is 10. The number of halogens is 3. The Morgan fingerprint density at radius 2 is 1.65 bits per heavy atom. The number of alkyl halides is 3. The van der Waals surface area contributed by atoms with Gasteiger partial charge in [-0.1, -0.05) is 13.8 Å². The Morgan fingerprint density at radius 3 is 2.22 bits per heavy atom. The van der Waals surface area contributed by atoms with Crippen LogP contribution in [0.4, 0.5) is 35.0 Å². The molecule has 11 heteroatoms.